The number of carboxylic acid groups (broad SMARTS) is 1. The predicted molar refractivity (Wildman–Crippen MR) is 126 cm³/mol. The average molecular weight is 413 g/mol. The van der Waals surface area contributed by atoms with Crippen molar-refractivity contribution in [3.63, 3.8) is 0 Å². The van der Waals surface area contributed by atoms with Crippen LogP contribution in [-0.4, -0.2) is 22.3 Å². The lowest BCUT2D eigenvalue weighted by Gasteiger charge is -2.10. The zero-order valence-corrected chi connectivity index (χ0v) is 19.6. The standard InChI is InChI=1S/C26H52O3/c1-2-3-4-5-6-7-8-9-10-11-12-13-16-19-22-25(27)23-20-17-14-15-18-21-24-26(28)29/h25,27H,2-24H2,1H3,(H,28,29). The number of aliphatic hydroxyl groups excluding tert-OH is 1. The molecule has 174 valence electrons. The first-order valence-corrected chi connectivity index (χ1v) is 13.1. The Bertz CT molecular complexity index is 330. The first-order chi connectivity index (χ1) is 14.2. The second kappa shape index (κ2) is 23.7. The predicted octanol–water partition coefficient (Wildman–Crippen LogP) is 8.42. The quantitative estimate of drug-likeness (QED) is 0.156. The van der Waals surface area contributed by atoms with Crippen molar-refractivity contribution in [1.82, 2.24) is 0 Å². The molecular formula is C26H52O3. The van der Waals surface area contributed by atoms with E-state index in [1.807, 2.05) is 0 Å². The van der Waals surface area contributed by atoms with Crippen molar-refractivity contribution in [2.24, 2.45) is 0 Å². The third-order valence-electron chi connectivity index (χ3n) is 6.07. The highest BCUT2D eigenvalue weighted by Crippen LogP contribution is 2.16. The van der Waals surface area contributed by atoms with Crippen LogP contribution in [0.1, 0.15) is 155 Å². The van der Waals surface area contributed by atoms with E-state index >= 15 is 0 Å². The first-order valence-electron chi connectivity index (χ1n) is 13.1. The zero-order chi connectivity index (χ0) is 21.4. The van der Waals surface area contributed by atoms with Crippen molar-refractivity contribution < 1.29 is 15.0 Å². The summed E-state index contributed by atoms with van der Waals surface area (Å²) in [6, 6.07) is 0. The van der Waals surface area contributed by atoms with Gasteiger partial charge in [-0.2, -0.15) is 0 Å². The number of rotatable bonds is 24. The maximum absolute atomic E-state index is 10.4. The van der Waals surface area contributed by atoms with Crippen LogP contribution in [0, 0.1) is 0 Å². The van der Waals surface area contributed by atoms with Gasteiger partial charge < -0.3 is 10.2 Å². The SMILES string of the molecule is CCCCCCCCCCCCCCCCC(O)CCCCCCCCC(=O)O. The van der Waals surface area contributed by atoms with Gasteiger partial charge in [0.1, 0.15) is 0 Å². The number of unbranched alkanes of at least 4 members (excludes halogenated alkanes) is 18. The van der Waals surface area contributed by atoms with Crippen LogP contribution in [0.3, 0.4) is 0 Å². The summed E-state index contributed by atoms with van der Waals surface area (Å²) in [5, 5.41) is 18.7. The van der Waals surface area contributed by atoms with Crippen LogP contribution >= 0.6 is 0 Å². The van der Waals surface area contributed by atoms with E-state index in [4.69, 9.17) is 5.11 Å². The molecule has 0 heterocycles. The summed E-state index contributed by atoms with van der Waals surface area (Å²) in [5.41, 5.74) is 0. The van der Waals surface area contributed by atoms with Gasteiger partial charge in [-0.1, -0.05) is 129 Å². The molecule has 0 aromatic heterocycles. The molecule has 3 nitrogen and oxygen atoms in total. The third kappa shape index (κ3) is 25.4. The smallest absolute Gasteiger partial charge is 0.303 e. The van der Waals surface area contributed by atoms with E-state index in [9.17, 15) is 9.90 Å². The number of aliphatic hydroxyl groups is 1. The minimum atomic E-state index is -0.684. The summed E-state index contributed by atoms with van der Waals surface area (Å²) < 4.78 is 0. The molecule has 3 heteroatoms. The van der Waals surface area contributed by atoms with Crippen LogP contribution < -0.4 is 0 Å². The average Bonchev–Trinajstić information content (AvgIpc) is 2.70. The van der Waals surface area contributed by atoms with Crippen LogP contribution in [-0.2, 0) is 4.79 Å². The van der Waals surface area contributed by atoms with Crippen LogP contribution in [0.2, 0.25) is 0 Å². The lowest BCUT2D eigenvalue weighted by Crippen LogP contribution is -2.05. The summed E-state index contributed by atoms with van der Waals surface area (Å²) in [6.45, 7) is 2.28. The molecule has 1 unspecified atom stereocenters. The van der Waals surface area contributed by atoms with E-state index in [1.54, 1.807) is 0 Å². The van der Waals surface area contributed by atoms with E-state index in [0.717, 1.165) is 38.5 Å². The van der Waals surface area contributed by atoms with Crippen molar-refractivity contribution in [3.8, 4) is 0 Å². The van der Waals surface area contributed by atoms with Crippen molar-refractivity contribution in [1.29, 1.82) is 0 Å². The molecule has 0 aromatic rings. The van der Waals surface area contributed by atoms with Crippen LogP contribution in [0.4, 0.5) is 0 Å². The summed E-state index contributed by atoms with van der Waals surface area (Å²) in [4.78, 5) is 10.4. The Labute approximate surface area is 182 Å². The minimum Gasteiger partial charge on any atom is -0.481 e. The molecular weight excluding hydrogens is 360 g/mol. The van der Waals surface area contributed by atoms with E-state index in [2.05, 4.69) is 6.92 Å². The molecule has 0 fully saturated rings. The van der Waals surface area contributed by atoms with Crippen LogP contribution in [0.25, 0.3) is 0 Å². The molecule has 0 saturated heterocycles. The van der Waals surface area contributed by atoms with Crippen LogP contribution in [0.15, 0.2) is 0 Å². The lowest BCUT2D eigenvalue weighted by atomic mass is 10.0. The summed E-state index contributed by atoms with van der Waals surface area (Å²) in [6.07, 6.45) is 27.8. The second-order valence-electron chi connectivity index (χ2n) is 9.09. The fourth-order valence-corrected chi connectivity index (χ4v) is 4.08. The molecule has 29 heavy (non-hydrogen) atoms. The molecule has 0 radical (unpaired) electrons. The normalized spacial score (nSPS) is 12.3. The Morgan fingerprint density at radius 3 is 1.21 bits per heavy atom. The Kier molecular flexibility index (Phi) is 23.2. The summed E-state index contributed by atoms with van der Waals surface area (Å²) in [5.74, 6) is -0.684. The van der Waals surface area contributed by atoms with Crippen molar-refractivity contribution in [2.75, 3.05) is 0 Å². The Balaban J connectivity index is 3.14. The Hall–Kier alpha value is -0.570. The monoisotopic (exact) mass is 412 g/mol. The fraction of sp³-hybridized carbons (Fsp3) is 0.962. The lowest BCUT2D eigenvalue weighted by molar-refractivity contribution is -0.137. The van der Waals surface area contributed by atoms with Gasteiger partial charge in [0.25, 0.3) is 0 Å². The van der Waals surface area contributed by atoms with Gasteiger partial charge in [-0.15, -0.1) is 0 Å². The topological polar surface area (TPSA) is 57.5 Å². The third-order valence-corrected chi connectivity index (χ3v) is 6.07. The number of hydrogen-bond donors (Lipinski definition) is 2. The first kappa shape index (κ1) is 28.4. The highest BCUT2D eigenvalue weighted by atomic mass is 16.4. The van der Waals surface area contributed by atoms with Crippen molar-refractivity contribution in [2.45, 2.75) is 161 Å². The molecule has 0 saturated carbocycles. The van der Waals surface area contributed by atoms with Crippen molar-refractivity contribution >= 4 is 5.97 Å². The highest BCUT2D eigenvalue weighted by Gasteiger charge is 2.04. The summed E-state index contributed by atoms with van der Waals surface area (Å²) in [7, 11) is 0. The van der Waals surface area contributed by atoms with Gasteiger partial charge in [-0.3, -0.25) is 4.79 Å². The van der Waals surface area contributed by atoms with Gasteiger partial charge in [0, 0.05) is 6.42 Å². The molecule has 0 aliphatic rings. The molecule has 0 aliphatic heterocycles. The Morgan fingerprint density at radius 2 is 0.862 bits per heavy atom. The van der Waals surface area contributed by atoms with Gasteiger partial charge in [0.05, 0.1) is 6.10 Å². The largest absolute Gasteiger partial charge is 0.481 e. The maximum atomic E-state index is 10.4. The van der Waals surface area contributed by atoms with E-state index in [1.165, 1.54) is 103 Å². The molecule has 2 N–H and O–H groups in total. The van der Waals surface area contributed by atoms with Crippen molar-refractivity contribution in [3.05, 3.63) is 0 Å². The molecule has 0 amide bonds. The number of carboxylic acids is 1. The van der Waals surface area contributed by atoms with Gasteiger partial charge in [0.15, 0.2) is 0 Å². The number of hydrogen-bond acceptors (Lipinski definition) is 2. The van der Waals surface area contributed by atoms with E-state index < -0.39 is 5.97 Å². The highest BCUT2D eigenvalue weighted by molar-refractivity contribution is 5.66. The zero-order valence-electron chi connectivity index (χ0n) is 19.6. The van der Waals surface area contributed by atoms with Gasteiger partial charge in [0.2, 0.25) is 0 Å². The molecule has 0 bridgehead atoms. The number of carbonyl (C=O) groups is 1. The van der Waals surface area contributed by atoms with E-state index in [-0.39, 0.29) is 6.10 Å². The molecule has 0 aliphatic carbocycles. The molecule has 0 rings (SSSR count). The van der Waals surface area contributed by atoms with Gasteiger partial charge in [-0.05, 0) is 19.3 Å². The second-order valence-corrected chi connectivity index (χ2v) is 9.09. The van der Waals surface area contributed by atoms with Crippen LogP contribution in [0.5, 0.6) is 0 Å². The van der Waals surface area contributed by atoms with Gasteiger partial charge in [-0.25, -0.2) is 0 Å². The van der Waals surface area contributed by atoms with Gasteiger partial charge >= 0.3 is 5.97 Å². The fourth-order valence-electron chi connectivity index (χ4n) is 4.08. The minimum absolute atomic E-state index is 0.112. The molecule has 0 aromatic carbocycles. The molecule has 0 spiro atoms. The number of aliphatic carboxylic acids is 1. The maximum Gasteiger partial charge on any atom is 0.303 e. The van der Waals surface area contributed by atoms with E-state index in [0.29, 0.717) is 6.42 Å². The Morgan fingerprint density at radius 1 is 0.552 bits per heavy atom. The molecule has 1 atom stereocenters. The summed E-state index contributed by atoms with van der Waals surface area (Å²) >= 11 is 0.